The highest BCUT2D eigenvalue weighted by Gasteiger charge is 2.11. The van der Waals surface area contributed by atoms with Gasteiger partial charge in [-0.15, -0.1) is 0 Å². The van der Waals surface area contributed by atoms with Crippen LogP contribution in [0.3, 0.4) is 0 Å². The predicted molar refractivity (Wildman–Crippen MR) is 126 cm³/mol. The Morgan fingerprint density at radius 2 is 0.633 bits per heavy atom. The molecule has 0 atom stereocenters. The third-order valence-electron chi connectivity index (χ3n) is 4.26. The first-order valence-corrected chi connectivity index (χ1v) is 12.0. The summed E-state index contributed by atoms with van der Waals surface area (Å²) in [6, 6.07) is 25.2. The Bertz CT molecular complexity index is 967. The molecule has 1 aromatic heterocycles. The lowest BCUT2D eigenvalue weighted by Gasteiger charge is -2.07. The molecule has 3 nitrogen and oxygen atoms in total. The molecule has 30 heavy (non-hydrogen) atoms. The molecular weight excluding hydrogens is 426 g/mol. The van der Waals surface area contributed by atoms with Gasteiger partial charge in [0.15, 0.2) is 15.5 Å². The van der Waals surface area contributed by atoms with Gasteiger partial charge in [0.05, 0.1) is 0 Å². The van der Waals surface area contributed by atoms with Crippen molar-refractivity contribution < 1.29 is 0 Å². The van der Waals surface area contributed by atoms with Gasteiger partial charge in [0, 0.05) is 14.7 Å². The molecule has 0 saturated carbocycles. The molecule has 150 valence electrons. The first-order valence-electron chi connectivity index (χ1n) is 9.53. The second kappa shape index (κ2) is 9.69. The van der Waals surface area contributed by atoms with E-state index in [1.807, 2.05) is 0 Å². The molecule has 0 fully saturated rings. The molecule has 0 saturated heterocycles. The molecule has 0 spiro atoms. The minimum absolute atomic E-state index is 0.707. The van der Waals surface area contributed by atoms with Crippen molar-refractivity contribution in [2.24, 2.45) is 0 Å². The molecule has 0 amide bonds. The first kappa shape index (κ1) is 21.0. The molecule has 0 unspecified atom stereocenters. The van der Waals surface area contributed by atoms with Crippen LogP contribution >= 0.6 is 35.3 Å². The van der Waals surface area contributed by atoms with Crippen molar-refractivity contribution in [3.63, 3.8) is 0 Å². The molecule has 3 aromatic carbocycles. The average Bonchev–Trinajstić information content (AvgIpc) is 2.73. The molecular formula is C24H21N3S3. The van der Waals surface area contributed by atoms with E-state index in [-0.39, 0.29) is 0 Å². The van der Waals surface area contributed by atoms with E-state index in [0.717, 1.165) is 14.7 Å². The fourth-order valence-corrected chi connectivity index (χ4v) is 5.01. The van der Waals surface area contributed by atoms with Crippen LogP contribution in [0.25, 0.3) is 0 Å². The lowest BCUT2D eigenvalue weighted by atomic mass is 10.2. The second-order valence-electron chi connectivity index (χ2n) is 6.93. The van der Waals surface area contributed by atoms with Gasteiger partial charge < -0.3 is 0 Å². The van der Waals surface area contributed by atoms with Crippen LogP contribution in [0.1, 0.15) is 16.7 Å². The summed E-state index contributed by atoms with van der Waals surface area (Å²) in [5.74, 6) is 0. The topological polar surface area (TPSA) is 38.7 Å². The smallest absolute Gasteiger partial charge is 0.196 e. The number of aryl methyl sites for hydroxylation is 3. The highest BCUT2D eigenvalue weighted by molar-refractivity contribution is 8.00. The van der Waals surface area contributed by atoms with Crippen LogP contribution in [-0.2, 0) is 0 Å². The van der Waals surface area contributed by atoms with Crippen LogP contribution in [0.5, 0.6) is 0 Å². The van der Waals surface area contributed by atoms with Crippen molar-refractivity contribution in [1.82, 2.24) is 15.0 Å². The predicted octanol–water partition coefficient (Wildman–Crippen LogP) is 7.25. The largest absolute Gasteiger partial charge is 0.197 e. The van der Waals surface area contributed by atoms with Gasteiger partial charge in [-0.1, -0.05) is 53.1 Å². The number of aromatic nitrogens is 3. The summed E-state index contributed by atoms with van der Waals surface area (Å²) in [7, 11) is 0. The maximum absolute atomic E-state index is 4.71. The highest BCUT2D eigenvalue weighted by Crippen LogP contribution is 2.33. The molecule has 4 rings (SSSR count). The van der Waals surface area contributed by atoms with Crippen LogP contribution in [0.15, 0.2) is 103 Å². The Morgan fingerprint density at radius 1 is 0.400 bits per heavy atom. The minimum atomic E-state index is 0.707. The van der Waals surface area contributed by atoms with Crippen molar-refractivity contribution in [3.05, 3.63) is 89.5 Å². The van der Waals surface area contributed by atoms with Crippen LogP contribution in [0.2, 0.25) is 0 Å². The summed E-state index contributed by atoms with van der Waals surface area (Å²) >= 11 is 4.69. The van der Waals surface area contributed by atoms with Crippen molar-refractivity contribution in [2.45, 2.75) is 50.9 Å². The zero-order chi connectivity index (χ0) is 20.9. The number of hydrogen-bond donors (Lipinski definition) is 0. The van der Waals surface area contributed by atoms with E-state index < -0.39 is 0 Å². The third kappa shape index (κ3) is 5.88. The number of benzene rings is 3. The van der Waals surface area contributed by atoms with Crippen LogP contribution in [0.4, 0.5) is 0 Å². The van der Waals surface area contributed by atoms with E-state index in [1.165, 1.54) is 16.7 Å². The molecule has 0 N–H and O–H groups in total. The van der Waals surface area contributed by atoms with Crippen molar-refractivity contribution >= 4 is 35.3 Å². The van der Waals surface area contributed by atoms with E-state index >= 15 is 0 Å². The Hall–Kier alpha value is -2.28. The quantitative estimate of drug-likeness (QED) is 0.310. The fraction of sp³-hybridized carbons (Fsp3) is 0.125. The van der Waals surface area contributed by atoms with Crippen LogP contribution < -0.4 is 0 Å². The standard InChI is InChI=1S/C24H21N3S3/c1-16-4-10-19(11-5-16)28-22-25-23(29-20-12-6-17(2)7-13-20)27-24(26-22)30-21-14-8-18(3)9-15-21/h4-15H,1-3H3. The van der Waals surface area contributed by atoms with Gasteiger partial charge in [-0.3, -0.25) is 0 Å². The van der Waals surface area contributed by atoms with E-state index in [1.54, 1.807) is 35.3 Å². The van der Waals surface area contributed by atoms with Crippen LogP contribution in [-0.4, -0.2) is 15.0 Å². The average molecular weight is 448 g/mol. The lowest BCUT2D eigenvalue weighted by molar-refractivity contribution is 0.717. The zero-order valence-corrected chi connectivity index (χ0v) is 19.4. The molecule has 0 aliphatic rings. The summed E-state index contributed by atoms with van der Waals surface area (Å²) < 4.78 is 0. The lowest BCUT2D eigenvalue weighted by Crippen LogP contribution is -1.97. The summed E-state index contributed by atoms with van der Waals surface area (Å²) in [4.78, 5) is 17.5. The normalized spacial score (nSPS) is 10.9. The Balaban J connectivity index is 1.64. The van der Waals surface area contributed by atoms with Gasteiger partial charge in [0.25, 0.3) is 0 Å². The Kier molecular flexibility index (Phi) is 6.77. The third-order valence-corrected chi connectivity index (χ3v) is 6.88. The van der Waals surface area contributed by atoms with Gasteiger partial charge >= 0.3 is 0 Å². The maximum Gasteiger partial charge on any atom is 0.197 e. The summed E-state index contributed by atoms with van der Waals surface area (Å²) in [6.45, 7) is 6.26. The van der Waals surface area contributed by atoms with Gasteiger partial charge in [0.1, 0.15) is 0 Å². The monoisotopic (exact) mass is 447 g/mol. The minimum Gasteiger partial charge on any atom is -0.196 e. The zero-order valence-electron chi connectivity index (χ0n) is 17.0. The highest BCUT2D eigenvalue weighted by atomic mass is 32.2. The van der Waals surface area contributed by atoms with Crippen molar-refractivity contribution in [1.29, 1.82) is 0 Å². The fourth-order valence-electron chi connectivity index (χ4n) is 2.59. The molecule has 4 aromatic rings. The molecule has 1 heterocycles. The maximum atomic E-state index is 4.71. The summed E-state index contributed by atoms with van der Waals surface area (Å²) in [5, 5.41) is 2.12. The SMILES string of the molecule is Cc1ccc(Sc2nc(Sc3ccc(C)cc3)nc(Sc3ccc(C)cc3)n2)cc1. The van der Waals surface area contributed by atoms with Crippen molar-refractivity contribution in [2.75, 3.05) is 0 Å². The van der Waals surface area contributed by atoms with Gasteiger partial charge in [0.2, 0.25) is 0 Å². The van der Waals surface area contributed by atoms with E-state index in [2.05, 4.69) is 93.6 Å². The van der Waals surface area contributed by atoms with Gasteiger partial charge in [-0.25, -0.2) is 0 Å². The number of hydrogen-bond acceptors (Lipinski definition) is 6. The van der Waals surface area contributed by atoms with E-state index in [0.29, 0.717) is 15.5 Å². The number of rotatable bonds is 6. The van der Waals surface area contributed by atoms with E-state index in [4.69, 9.17) is 15.0 Å². The summed E-state index contributed by atoms with van der Waals surface area (Å²) in [5.41, 5.74) is 3.71. The number of nitrogens with zero attached hydrogens (tertiary/aromatic N) is 3. The van der Waals surface area contributed by atoms with Gasteiger partial charge in [-0.05, 0) is 92.5 Å². The second-order valence-corrected chi connectivity index (χ2v) is 10.1. The Morgan fingerprint density at radius 3 is 0.867 bits per heavy atom. The molecule has 0 aliphatic heterocycles. The van der Waals surface area contributed by atoms with Crippen molar-refractivity contribution in [3.8, 4) is 0 Å². The molecule has 0 bridgehead atoms. The summed E-state index contributed by atoms with van der Waals surface area (Å²) in [6.07, 6.45) is 0. The molecule has 0 aliphatic carbocycles. The molecule has 0 radical (unpaired) electrons. The first-order chi connectivity index (χ1) is 14.5. The van der Waals surface area contributed by atoms with E-state index in [9.17, 15) is 0 Å². The Labute approximate surface area is 190 Å². The molecule has 6 heteroatoms. The van der Waals surface area contributed by atoms with Crippen LogP contribution in [0, 0.1) is 20.8 Å². The van der Waals surface area contributed by atoms with Gasteiger partial charge in [-0.2, -0.15) is 15.0 Å².